The highest BCUT2D eigenvalue weighted by molar-refractivity contribution is 7.74. The second kappa shape index (κ2) is 7.71. The summed E-state index contributed by atoms with van der Waals surface area (Å²) in [6, 6.07) is 0. The molecule has 0 aromatic carbocycles. The van der Waals surface area contributed by atoms with Crippen molar-refractivity contribution in [2.75, 3.05) is 0 Å². The van der Waals surface area contributed by atoms with Gasteiger partial charge in [-0.1, -0.05) is 71.2 Å². The summed E-state index contributed by atoms with van der Waals surface area (Å²) in [7, 11) is -0.0628. The summed E-state index contributed by atoms with van der Waals surface area (Å²) in [5.74, 6) is 0. The van der Waals surface area contributed by atoms with E-state index in [-0.39, 0.29) is 15.8 Å². The van der Waals surface area contributed by atoms with Crippen molar-refractivity contribution in [1.29, 1.82) is 0 Å². The average Bonchev–Trinajstić information content (AvgIpc) is 2.60. The molecule has 3 heteroatoms. The van der Waals surface area contributed by atoms with Crippen molar-refractivity contribution >= 4 is 37.8 Å². The molecule has 0 amide bonds. The molecule has 0 unspecified atom stereocenters. The van der Waals surface area contributed by atoms with Crippen LogP contribution in [0.25, 0.3) is 0 Å². The van der Waals surface area contributed by atoms with Crippen molar-refractivity contribution in [2.45, 2.75) is 84.9 Å². The van der Waals surface area contributed by atoms with Crippen LogP contribution in [0.1, 0.15) is 60.3 Å². The Morgan fingerprint density at radius 3 is 1.50 bits per heavy atom. The molecule has 0 spiro atoms. The van der Waals surface area contributed by atoms with Gasteiger partial charge in [0.05, 0.1) is 0 Å². The highest BCUT2D eigenvalue weighted by Gasteiger charge is 2.30. The quantitative estimate of drug-likeness (QED) is 0.569. The van der Waals surface area contributed by atoms with Crippen LogP contribution in [0.4, 0.5) is 0 Å². The number of hydrogen-bond donors (Lipinski definition) is 0. The molecular weight excluding hydrogens is 298 g/mol. The zero-order valence-electron chi connectivity index (χ0n) is 14.7. The van der Waals surface area contributed by atoms with Crippen LogP contribution in [0.15, 0.2) is 5.38 Å². The zero-order valence-corrected chi connectivity index (χ0v) is 17.3. The fourth-order valence-corrected chi connectivity index (χ4v) is 11.4. The SMILES string of the molecule is Cc1scc(P(C(C)C)C(C)C)c1P(C(C)C)C(C)C. The van der Waals surface area contributed by atoms with Gasteiger partial charge in [0.15, 0.2) is 0 Å². The molecule has 0 atom stereocenters. The van der Waals surface area contributed by atoms with E-state index in [2.05, 4.69) is 67.7 Å². The molecule has 0 aliphatic rings. The fraction of sp³-hybridized carbons (Fsp3) is 0.765. The second-order valence-electron chi connectivity index (χ2n) is 6.72. The van der Waals surface area contributed by atoms with E-state index in [1.54, 1.807) is 15.5 Å². The highest BCUT2D eigenvalue weighted by Crippen LogP contribution is 2.52. The van der Waals surface area contributed by atoms with E-state index in [1.165, 1.54) is 0 Å². The second-order valence-corrected chi connectivity index (χ2v) is 14.5. The third-order valence-electron chi connectivity index (χ3n) is 3.69. The summed E-state index contributed by atoms with van der Waals surface area (Å²) < 4.78 is 0. The third kappa shape index (κ3) is 4.06. The van der Waals surface area contributed by atoms with Gasteiger partial charge in [-0.05, 0) is 45.5 Å². The van der Waals surface area contributed by atoms with Crippen molar-refractivity contribution in [3.05, 3.63) is 10.3 Å². The Kier molecular flexibility index (Phi) is 7.17. The van der Waals surface area contributed by atoms with Gasteiger partial charge < -0.3 is 0 Å². The van der Waals surface area contributed by atoms with Gasteiger partial charge in [-0.25, -0.2) is 0 Å². The molecule has 0 saturated heterocycles. The van der Waals surface area contributed by atoms with Gasteiger partial charge >= 0.3 is 0 Å². The summed E-state index contributed by atoms with van der Waals surface area (Å²) >= 11 is 1.99. The first-order chi connectivity index (χ1) is 9.18. The molecule has 116 valence electrons. The monoisotopic (exact) mass is 330 g/mol. The van der Waals surface area contributed by atoms with Crippen molar-refractivity contribution in [3.63, 3.8) is 0 Å². The Morgan fingerprint density at radius 2 is 1.15 bits per heavy atom. The minimum absolute atomic E-state index is 0.0291. The Balaban J connectivity index is 3.37. The topological polar surface area (TPSA) is 0 Å². The smallest absolute Gasteiger partial charge is 0.00978 e. The van der Waals surface area contributed by atoms with E-state index >= 15 is 0 Å². The lowest BCUT2D eigenvalue weighted by Crippen LogP contribution is -2.29. The molecule has 1 aromatic rings. The average molecular weight is 330 g/mol. The van der Waals surface area contributed by atoms with E-state index in [1.807, 2.05) is 11.3 Å². The number of hydrogen-bond acceptors (Lipinski definition) is 1. The van der Waals surface area contributed by atoms with Crippen LogP contribution in [-0.4, -0.2) is 22.6 Å². The van der Waals surface area contributed by atoms with E-state index in [0.29, 0.717) is 0 Å². The van der Waals surface area contributed by atoms with E-state index in [4.69, 9.17) is 0 Å². The maximum Gasteiger partial charge on any atom is 0.00978 e. The minimum atomic E-state index is -0.0337. The third-order valence-corrected chi connectivity index (χ3v) is 11.6. The van der Waals surface area contributed by atoms with Gasteiger partial charge in [-0.3, -0.25) is 0 Å². The molecule has 0 aliphatic carbocycles. The molecule has 0 aliphatic heterocycles. The van der Waals surface area contributed by atoms with Crippen LogP contribution in [0, 0.1) is 6.92 Å². The van der Waals surface area contributed by atoms with Gasteiger partial charge in [-0.15, -0.1) is 11.3 Å². The number of thiophene rings is 1. The van der Waals surface area contributed by atoms with E-state index in [9.17, 15) is 0 Å². The first-order valence-corrected chi connectivity index (χ1v) is 11.7. The van der Waals surface area contributed by atoms with Gasteiger partial charge in [0.1, 0.15) is 0 Å². The summed E-state index contributed by atoms with van der Waals surface area (Å²) in [4.78, 5) is 1.59. The molecule has 1 aromatic heterocycles. The Bertz CT molecular complexity index is 403. The van der Waals surface area contributed by atoms with Gasteiger partial charge in [0.2, 0.25) is 0 Å². The van der Waals surface area contributed by atoms with Crippen LogP contribution in [-0.2, 0) is 0 Å². The minimum Gasteiger partial charge on any atom is -0.148 e. The predicted octanol–water partition coefficient (Wildman–Crippen LogP) is 5.90. The van der Waals surface area contributed by atoms with Crippen LogP contribution in [0.2, 0.25) is 0 Å². The van der Waals surface area contributed by atoms with Crippen LogP contribution in [0.3, 0.4) is 0 Å². The van der Waals surface area contributed by atoms with Crippen LogP contribution >= 0.6 is 27.2 Å². The highest BCUT2D eigenvalue weighted by atomic mass is 32.1. The molecule has 0 saturated carbocycles. The molecule has 0 nitrogen and oxygen atoms in total. The van der Waals surface area contributed by atoms with Gasteiger partial charge in [-0.2, -0.15) is 0 Å². The number of rotatable bonds is 6. The lowest BCUT2D eigenvalue weighted by molar-refractivity contribution is 1.02. The maximum absolute atomic E-state index is 2.50. The van der Waals surface area contributed by atoms with Gasteiger partial charge in [0, 0.05) is 4.88 Å². The summed E-state index contributed by atoms with van der Waals surface area (Å²) in [6.07, 6.45) is 0. The van der Waals surface area contributed by atoms with E-state index in [0.717, 1.165) is 22.6 Å². The first kappa shape index (κ1) is 18.6. The normalized spacial score (nSPS) is 12.9. The summed E-state index contributed by atoms with van der Waals surface area (Å²) in [6.45, 7) is 21.7. The van der Waals surface area contributed by atoms with Crippen LogP contribution in [0.5, 0.6) is 0 Å². The molecule has 0 N–H and O–H groups in total. The standard InChI is InChI=1S/C17H32P2S/c1-11(2)18(12(3)4)16-10-20-15(9)17(16)19(13(5)6)14(7)8/h10-14H,1-9H3. The Labute approximate surface area is 133 Å². The van der Waals surface area contributed by atoms with Crippen molar-refractivity contribution < 1.29 is 0 Å². The fourth-order valence-electron chi connectivity index (χ4n) is 3.20. The summed E-state index contributed by atoms with van der Waals surface area (Å²) in [5, 5.41) is 6.00. The molecule has 1 heterocycles. The van der Waals surface area contributed by atoms with Gasteiger partial charge in [0.25, 0.3) is 0 Å². The first-order valence-electron chi connectivity index (χ1n) is 7.83. The molecule has 1 rings (SSSR count). The van der Waals surface area contributed by atoms with Crippen LogP contribution < -0.4 is 10.6 Å². The maximum atomic E-state index is 2.50. The van der Waals surface area contributed by atoms with Crippen molar-refractivity contribution in [3.8, 4) is 0 Å². The lowest BCUT2D eigenvalue weighted by atomic mass is 10.5. The summed E-state index contributed by atoms with van der Waals surface area (Å²) in [5.41, 5.74) is 3.14. The molecule has 0 bridgehead atoms. The Hall–Kier alpha value is 0.560. The molecular formula is C17H32P2S. The zero-order chi connectivity index (χ0) is 15.6. The van der Waals surface area contributed by atoms with Crippen molar-refractivity contribution in [2.24, 2.45) is 0 Å². The molecule has 20 heavy (non-hydrogen) atoms. The largest absolute Gasteiger partial charge is 0.148 e. The lowest BCUT2D eigenvalue weighted by Gasteiger charge is -2.32. The molecule has 0 fully saturated rings. The Morgan fingerprint density at radius 1 is 0.750 bits per heavy atom. The predicted molar refractivity (Wildman–Crippen MR) is 103 cm³/mol. The van der Waals surface area contributed by atoms with Crippen molar-refractivity contribution in [1.82, 2.24) is 0 Å². The van der Waals surface area contributed by atoms with E-state index < -0.39 is 0 Å². The molecule has 0 radical (unpaired) electrons. The number of aryl methyl sites for hydroxylation is 1.